The second-order valence-corrected chi connectivity index (χ2v) is 10.7. The number of nitrogens with one attached hydrogen (secondary N) is 1. The van der Waals surface area contributed by atoms with Crippen LogP contribution in [0.15, 0.2) is 103 Å². The number of nitrogens with zero attached hydrogens (tertiary/aromatic N) is 2. The van der Waals surface area contributed by atoms with Crippen LogP contribution in [0.3, 0.4) is 0 Å². The van der Waals surface area contributed by atoms with E-state index in [1.54, 1.807) is 78.9 Å². The molecule has 0 radical (unpaired) electrons. The average Bonchev–Trinajstić information content (AvgIpc) is 2.99. The fourth-order valence-corrected chi connectivity index (χ4v) is 5.31. The number of amides is 5. The first-order valence-corrected chi connectivity index (χ1v) is 14.3. The first kappa shape index (κ1) is 29.5. The quantitative estimate of drug-likeness (QED) is 0.134. The highest BCUT2D eigenvalue weighted by molar-refractivity contribution is 14.1. The van der Waals surface area contributed by atoms with Gasteiger partial charge in [0.1, 0.15) is 5.57 Å². The van der Waals surface area contributed by atoms with Crippen LogP contribution in [0.5, 0.6) is 11.5 Å². The molecular formula is C33H26IN3O6. The molecule has 4 aromatic carbocycles. The van der Waals surface area contributed by atoms with Crippen molar-refractivity contribution in [3.63, 3.8) is 0 Å². The summed E-state index contributed by atoms with van der Waals surface area (Å²) in [5.74, 6) is -1.22. The van der Waals surface area contributed by atoms with E-state index in [4.69, 9.17) is 9.47 Å². The molecule has 5 amide bonds. The van der Waals surface area contributed by atoms with Crippen LogP contribution in [0.4, 0.5) is 21.9 Å². The fraction of sp³-hybridized carbons (Fsp3) is 0.0909. The van der Waals surface area contributed by atoms with E-state index in [9.17, 15) is 19.2 Å². The number of ether oxygens (including phenoxy) is 2. The summed E-state index contributed by atoms with van der Waals surface area (Å²) in [6, 6.07) is 26.8. The maximum Gasteiger partial charge on any atom is 0.343 e. The summed E-state index contributed by atoms with van der Waals surface area (Å²) in [6.45, 7) is 1.67. The molecule has 43 heavy (non-hydrogen) atoms. The number of methoxy groups -OCH3 is 1. The summed E-state index contributed by atoms with van der Waals surface area (Å²) in [5.41, 5.74) is 2.58. The van der Waals surface area contributed by atoms with E-state index in [2.05, 4.69) is 5.32 Å². The number of para-hydroxylation sites is 2. The minimum atomic E-state index is -0.774. The van der Waals surface area contributed by atoms with Gasteiger partial charge in [-0.15, -0.1) is 0 Å². The Bertz CT molecular complexity index is 1680. The number of imide groups is 2. The molecule has 10 heteroatoms. The van der Waals surface area contributed by atoms with Gasteiger partial charge in [-0.1, -0.05) is 48.5 Å². The number of hydrogen-bond acceptors (Lipinski definition) is 6. The Balaban J connectivity index is 1.46. The van der Waals surface area contributed by atoms with Crippen molar-refractivity contribution in [2.75, 3.05) is 28.8 Å². The van der Waals surface area contributed by atoms with Gasteiger partial charge in [0.15, 0.2) is 18.1 Å². The van der Waals surface area contributed by atoms with Crippen LogP contribution in [-0.2, 0) is 14.4 Å². The van der Waals surface area contributed by atoms with Gasteiger partial charge in [0.05, 0.1) is 22.1 Å². The summed E-state index contributed by atoms with van der Waals surface area (Å²) >= 11 is 2.03. The van der Waals surface area contributed by atoms with Gasteiger partial charge in [0.2, 0.25) is 0 Å². The third kappa shape index (κ3) is 6.44. The largest absolute Gasteiger partial charge is 0.493 e. The van der Waals surface area contributed by atoms with Crippen LogP contribution in [-0.4, -0.2) is 37.5 Å². The predicted octanol–water partition coefficient (Wildman–Crippen LogP) is 6.21. The van der Waals surface area contributed by atoms with Crippen molar-refractivity contribution in [2.45, 2.75) is 6.92 Å². The highest BCUT2D eigenvalue weighted by Crippen LogP contribution is 2.36. The maximum absolute atomic E-state index is 13.7. The molecule has 1 fully saturated rings. The molecular weight excluding hydrogens is 661 g/mol. The third-order valence-corrected chi connectivity index (χ3v) is 7.29. The van der Waals surface area contributed by atoms with E-state index in [0.717, 1.165) is 15.4 Å². The number of urea groups is 1. The normalized spacial score (nSPS) is 13.2. The van der Waals surface area contributed by atoms with Gasteiger partial charge < -0.3 is 14.8 Å². The zero-order valence-electron chi connectivity index (χ0n) is 23.2. The Labute approximate surface area is 261 Å². The molecule has 1 aliphatic heterocycles. The lowest BCUT2D eigenvalue weighted by molar-refractivity contribution is -0.121. The molecule has 0 spiro atoms. The Hall–Kier alpha value is -4.97. The molecule has 4 aromatic rings. The molecule has 0 aliphatic carbocycles. The van der Waals surface area contributed by atoms with Crippen molar-refractivity contribution in [3.05, 3.63) is 117 Å². The number of anilines is 3. The van der Waals surface area contributed by atoms with Gasteiger partial charge in [0.25, 0.3) is 17.7 Å². The predicted molar refractivity (Wildman–Crippen MR) is 172 cm³/mol. The smallest absolute Gasteiger partial charge is 0.343 e. The molecule has 0 aromatic heterocycles. The van der Waals surface area contributed by atoms with Gasteiger partial charge in [-0.2, -0.15) is 0 Å². The van der Waals surface area contributed by atoms with Gasteiger partial charge in [0, 0.05) is 5.69 Å². The van der Waals surface area contributed by atoms with Crippen molar-refractivity contribution >= 4 is 69.5 Å². The second kappa shape index (κ2) is 12.9. The summed E-state index contributed by atoms with van der Waals surface area (Å²) in [6.07, 6.45) is 1.42. The standard InChI is InChI=1S/C33H26IN3O6/c1-21-10-9-11-23(16-21)35-29(38)20-43-30-27(34)18-22(19-28(30)42-2)17-26-31(39)36(24-12-5-3-6-13-24)33(41)37(32(26)40)25-14-7-4-8-15-25/h3-19H,20H2,1-2H3,(H,35,38). The topological polar surface area (TPSA) is 105 Å². The molecule has 0 atom stereocenters. The SMILES string of the molecule is COc1cc(C=C2C(=O)N(c3ccccc3)C(=O)N(c3ccccc3)C2=O)cc(I)c1OCC(=O)Nc1cccc(C)c1. The van der Waals surface area contributed by atoms with Crippen LogP contribution in [0.25, 0.3) is 6.08 Å². The monoisotopic (exact) mass is 687 g/mol. The highest BCUT2D eigenvalue weighted by atomic mass is 127. The highest BCUT2D eigenvalue weighted by Gasteiger charge is 2.43. The van der Waals surface area contributed by atoms with Crippen LogP contribution in [0, 0.1) is 10.5 Å². The van der Waals surface area contributed by atoms with Crippen molar-refractivity contribution < 1.29 is 28.7 Å². The summed E-state index contributed by atoms with van der Waals surface area (Å²) in [5, 5.41) is 2.80. The van der Waals surface area contributed by atoms with E-state index in [0.29, 0.717) is 37.7 Å². The zero-order chi connectivity index (χ0) is 30.5. The van der Waals surface area contributed by atoms with Crippen molar-refractivity contribution in [3.8, 4) is 11.5 Å². The molecule has 0 unspecified atom stereocenters. The number of carbonyl (C=O) groups is 4. The van der Waals surface area contributed by atoms with Gasteiger partial charge >= 0.3 is 6.03 Å². The van der Waals surface area contributed by atoms with Gasteiger partial charge in [-0.05, 0) is 95.2 Å². The van der Waals surface area contributed by atoms with E-state index in [1.165, 1.54) is 13.2 Å². The molecule has 5 rings (SSSR count). The van der Waals surface area contributed by atoms with Crippen LogP contribution in [0.2, 0.25) is 0 Å². The summed E-state index contributed by atoms with van der Waals surface area (Å²) in [4.78, 5) is 55.3. The molecule has 1 heterocycles. The lowest BCUT2D eigenvalue weighted by Crippen LogP contribution is -2.57. The average molecular weight is 687 g/mol. The Morgan fingerprint density at radius 3 is 2.00 bits per heavy atom. The second-order valence-electron chi connectivity index (χ2n) is 9.53. The van der Waals surface area contributed by atoms with E-state index < -0.39 is 17.8 Å². The molecule has 0 bridgehead atoms. The number of aryl methyl sites for hydroxylation is 1. The summed E-state index contributed by atoms with van der Waals surface area (Å²) in [7, 11) is 1.45. The number of halogens is 1. The molecule has 1 aliphatic rings. The fourth-order valence-electron chi connectivity index (χ4n) is 4.53. The number of hydrogen-bond donors (Lipinski definition) is 1. The number of barbiturate groups is 1. The third-order valence-electron chi connectivity index (χ3n) is 6.49. The zero-order valence-corrected chi connectivity index (χ0v) is 25.4. The van der Waals surface area contributed by atoms with E-state index in [1.807, 2.05) is 47.7 Å². The summed E-state index contributed by atoms with van der Waals surface area (Å²) < 4.78 is 11.9. The van der Waals surface area contributed by atoms with Crippen LogP contribution < -0.4 is 24.6 Å². The molecule has 0 saturated carbocycles. The van der Waals surface area contributed by atoms with E-state index in [-0.39, 0.29) is 18.1 Å². The first-order chi connectivity index (χ1) is 20.8. The molecule has 1 N–H and O–H groups in total. The van der Waals surface area contributed by atoms with Gasteiger partial charge in [-0.25, -0.2) is 14.6 Å². The van der Waals surface area contributed by atoms with Crippen molar-refractivity contribution in [1.82, 2.24) is 0 Å². The van der Waals surface area contributed by atoms with Crippen molar-refractivity contribution in [1.29, 1.82) is 0 Å². The van der Waals surface area contributed by atoms with Crippen LogP contribution >= 0.6 is 22.6 Å². The van der Waals surface area contributed by atoms with Gasteiger partial charge in [-0.3, -0.25) is 14.4 Å². The Kier molecular flexibility index (Phi) is 8.86. The molecule has 9 nitrogen and oxygen atoms in total. The minimum absolute atomic E-state index is 0.212. The number of carbonyl (C=O) groups excluding carboxylic acids is 4. The van der Waals surface area contributed by atoms with Crippen molar-refractivity contribution in [2.24, 2.45) is 0 Å². The lowest BCUT2D eigenvalue weighted by Gasteiger charge is -2.34. The van der Waals surface area contributed by atoms with Crippen LogP contribution in [0.1, 0.15) is 11.1 Å². The molecule has 1 saturated heterocycles. The Morgan fingerprint density at radius 2 is 1.44 bits per heavy atom. The number of rotatable bonds is 8. The number of benzene rings is 4. The Morgan fingerprint density at radius 1 is 0.837 bits per heavy atom. The minimum Gasteiger partial charge on any atom is -0.493 e. The lowest BCUT2D eigenvalue weighted by atomic mass is 10.0. The molecule has 216 valence electrons. The van der Waals surface area contributed by atoms with E-state index >= 15 is 0 Å². The first-order valence-electron chi connectivity index (χ1n) is 13.2. The maximum atomic E-state index is 13.7.